The Kier molecular flexibility index (Phi) is 6.54. The van der Waals surface area contributed by atoms with Gasteiger partial charge in [-0.3, -0.25) is 9.78 Å². The number of benzene rings is 2. The molecule has 0 aliphatic heterocycles. The van der Waals surface area contributed by atoms with Gasteiger partial charge in [0.1, 0.15) is 0 Å². The fourth-order valence-corrected chi connectivity index (χ4v) is 3.47. The zero-order valence-corrected chi connectivity index (χ0v) is 16.8. The maximum absolute atomic E-state index is 12.6. The average molecular weight is 397 g/mol. The molecule has 0 atom stereocenters. The highest BCUT2D eigenvalue weighted by atomic mass is 35.5. The molecule has 1 amide bonds. The summed E-state index contributed by atoms with van der Waals surface area (Å²) in [5, 5.41) is 4.12. The van der Waals surface area contributed by atoms with Crippen molar-refractivity contribution >= 4 is 35.0 Å². The van der Waals surface area contributed by atoms with Gasteiger partial charge >= 0.3 is 0 Å². The summed E-state index contributed by atoms with van der Waals surface area (Å²) >= 11 is 8.18. The van der Waals surface area contributed by atoms with E-state index < -0.39 is 0 Å². The van der Waals surface area contributed by atoms with Gasteiger partial charge in [-0.25, -0.2) is 0 Å². The number of rotatable bonds is 6. The van der Waals surface area contributed by atoms with Gasteiger partial charge in [0.05, 0.1) is 10.7 Å². The van der Waals surface area contributed by atoms with E-state index in [1.165, 1.54) is 5.56 Å². The highest BCUT2D eigenvalue weighted by molar-refractivity contribution is 7.99. The minimum atomic E-state index is -0.146. The molecule has 3 nitrogen and oxygen atoms in total. The fraction of sp³-hybridized carbons (Fsp3) is 0.182. The van der Waals surface area contributed by atoms with Crippen molar-refractivity contribution in [2.24, 2.45) is 0 Å². The molecule has 0 fully saturated rings. The first-order chi connectivity index (χ1) is 13.0. The van der Waals surface area contributed by atoms with Crippen molar-refractivity contribution in [3.8, 4) is 11.3 Å². The second kappa shape index (κ2) is 9.07. The maximum atomic E-state index is 12.6. The Labute approximate surface area is 169 Å². The molecule has 27 heavy (non-hydrogen) atoms. The molecule has 0 aliphatic carbocycles. The number of nitrogens with one attached hydrogen (secondary N) is 1. The number of thioether (sulfide) groups is 1. The van der Waals surface area contributed by atoms with Gasteiger partial charge < -0.3 is 5.32 Å². The van der Waals surface area contributed by atoms with Crippen LogP contribution in [0.4, 0.5) is 5.69 Å². The van der Waals surface area contributed by atoms with Crippen molar-refractivity contribution in [3.05, 3.63) is 83.0 Å². The van der Waals surface area contributed by atoms with E-state index >= 15 is 0 Å². The molecule has 2 aromatic carbocycles. The molecular formula is C22H21ClN2OS. The minimum absolute atomic E-state index is 0.146. The van der Waals surface area contributed by atoms with Crippen molar-refractivity contribution in [2.75, 3.05) is 5.32 Å². The molecule has 0 spiro atoms. The van der Waals surface area contributed by atoms with Crippen LogP contribution in [0.2, 0.25) is 5.02 Å². The summed E-state index contributed by atoms with van der Waals surface area (Å²) in [6, 6.07) is 18.8. The molecule has 1 aromatic heterocycles. The van der Waals surface area contributed by atoms with Crippen LogP contribution in [0, 0.1) is 0 Å². The van der Waals surface area contributed by atoms with E-state index in [1.807, 2.05) is 60.3 Å². The van der Waals surface area contributed by atoms with Crippen molar-refractivity contribution in [2.45, 2.75) is 24.9 Å². The quantitative estimate of drug-likeness (QED) is 0.531. The number of carbonyl (C=O) groups is 1. The number of aromatic nitrogens is 1. The Morgan fingerprint density at radius 1 is 1.11 bits per heavy atom. The standard InChI is InChI=1S/C22H21ClN2OS/c1-15(2)27-14-16-6-8-17(9-7-16)22(26)25-18-10-11-20(23)19(13-18)21-5-3-4-12-24-21/h3-13,15H,14H2,1-2H3,(H,25,26). The predicted molar refractivity (Wildman–Crippen MR) is 116 cm³/mol. The Bertz CT molecular complexity index is 911. The Morgan fingerprint density at radius 3 is 2.56 bits per heavy atom. The Balaban J connectivity index is 1.72. The first-order valence-electron chi connectivity index (χ1n) is 8.76. The van der Waals surface area contributed by atoms with Crippen molar-refractivity contribution in [1.29, 1.82) is 0 Å². The molecule has 0 aliphatic rings. The molecule has 3 aromatic rings. The van der Waals surface area contributed by atoms with Crippen LogP contribution < -0.4 is 5.32 Å². The summed E-state index contributed by atoms with van der Waals surface area (Å²) in [6.07, 6.45) is 1.72. The van der Waals surface area contributed by atoms with Crippen molar-refractivity contribution in [1.82, 2.24) is 4.98 Å². The molecule has 0 saturated carbocycles. The number of carbonyl (C=O) groups excluding carboxylic acids is 1. The van der Waals surface area contributed by atoms with E-state index in [0.29, 0.717) is 21.5 Å². The van der Waals surface area contributed by atoms with Crippen LogP contribution in [0.1, 0.15) is 29.8 Å². The van der Waals surface area contributed by atoms with Gasteiger partial charge in [-0.2, -0.15) is 11.8 Å². The average Bonchev–Trinajstić information content (AvgIpc) is 2.69. The monoisotopic (exact) mass is 396 g/mol. The van der Waals surface area contributed by atoms with E-state index in [1.54, 1.807) is 18.3 Å². The molecule has 0 bridgehead atoms. The minimum Gasteiger partial charge on any atom is -0.322 e. The van der Waals surface area contributed by atoms with Crippen molar-refractivity contribution in [3.63, 3.8) is 0 Å². The van der Waals surface area contributed by atoms with Gasteiger partial charge in [-0.05, 0) is 53.3 Å². The molecular weight excluding hydrogens is 376 g/mol. The number of nitrogens with zero attached hydrogens (tertiary/aromatic N) is 1. The third-order valence-electron chi connectivity index (χ3n) is 3.96. The first kappa shape index (κ1) is 19.5. The molecule has 0 saturated heterocycles. The lowest BCUT2D eigenvalue weighted by Gasteiger charge is -2.10. The smallest absolute Gasteiger partial charge is 0.255 e. The van der Waals surface area contributed by atoms with Crippen LogP contribution in [0.5, 0.6) is 0 Å². The predicted octanol–water partition coefficient (Wildman–Crippen LogP) is 6.30. The van der Waals surface area contributed by atoms with Crippen LogP contribution in [0.15, 0.2) is 66.9 Å². The second-order valence-corrected chi connectivity index (χ2v) is 8.39. The molecule has 1 heterocycles. The van der Waals surface area contributed by atoms with Gasteiger partial charge in [0.2, 0.25) is 0 Å². The van der Waals surface area contributed by atoms with Gasteiger partial charge in [-0.15, -0.1) is 0 Å². The Morgan fingerprint density at radius 2 is 1.89 bits per heavy atom. The van der Waals surface area contributed by atoms with Gasteiger partial charge in [0.25, 0.3) is 5.91 Å². The highest BCUT2D eigenvalue weighted by Gasteiger charge is 2.10. The SMILES string of the molecule is CC(C)SCc1ccc(C(=O)Nc2ccc(Cl)c(-c3ccccn3)c2)cc1. The number of hydrogen-bond acceptors (Lipinski definition) is 3. The third kappa shape index (κ3) is 5.34. The van der Waals surface area contributed by atoms with Crippen molar-refractivity contribution < 1.29 is 4.79 Å². The molecule has 5 heteroatoms. The van der Waals surface area contributed by atoms with Crippen LogP contribution >= 0.6 is 23.4 Å². The van der Waals surface area contributed by atoms with E-state index in [0.717, 1.165) is 17.0 Å². The lowest BCUT2D eigenvalue weighted by atomic mass is 10.1. The normalized spacial score (nSPS) is 10.8. The van der Waals surface area contributed by atoms with E-state index in [9.17, 15) is 4.79 Å². The topological polar surface area (TPSA) is 42.0 Å². The Hall–Kier alpha value is -2.30. The zero-order valence-electron chi connectivity index (χ0n) is 15.3. The third-order valence-corrected chi connectivity index (χ3v) is 5.46. The fourth-order valence-electron chi connectivity index (χ4n) is 2.54. The number of anilines is 1. The first-order valence-corrected chi connectivity index (χ1v) is 10.2. The molecule has 1 N–H and O–H groups in total. The molecule has 138 valence electrons. The summed E-state index contributed by atoms with van der Waals surface area (Å²) < 4.78 is 0. The number of halogens is 1. The van der Waals surface area contributed by atoms with Gasteiger partial charge in [0.15, 0.2) is 0 Å². The largest absolute Gasteiger partial charge is 0.322 e. The molecule has 0 unspecified atom stereocenters. The van der Waals surface area contributed by atoms with Crippen LogP contribution in [-0.4, -0.2) is 16.1 Å². The number of pyridine rings is 1. The lowest BCUT2D eigenvalue weighted by molar-refractivity contribution is 0.102. The molecule has 0 radical (unpaired) electrons. The van der Waals surface area contributed by atoms with Crippen LogP contribution in [0.25, 0.3) is 11.3 Å². The number of amides is 1. The summed E-state index contributed by atoms with van der Waals surface area (Å²) in [6.45, 7) is 4.36. The van der Waals surface area contributed by atoms with Gasteiger partial charge in [0, 0.05) is 28.8 Å². The van der Waals surface area contributed by atoms with E-state index in [-0.39, 0.29) is 5.91 Å². The van der Waals surface area contributed by atoms with E-state index in [2.05, 4.69) is 24.1 Å². The summed E-state index contributed by atoms with van der Waals surface area (Å²) in [7, 11) is 0. The summed E-state index contributed by atoms with van der Waals surface area (Å²) in [5.41, 5.74) is 4.09. The molecule has 3 rings (SSSR count). The zero-order chi connectivity index (χ0) is 19.2. The van der Waals surface area contributed by atoms with Crippen LogP contribution in [0.3, 0.4) is 0 Å². The summed E-state index contributed by atoms with van der Waals surface area (Å²) in [5.74, 6) is 0.803. The van der Waals surface area contributed by atoms with Gasteiger partial charge in [-0.1, -0.05) is 43.6 Å². The van der Waals surface area contributed by atoms with Crippen LogP contribution in [-0.2, 0) is 5.75 Å². The number of hydrogen-bond donors (Lipinski definition) is 1. The second-order valence-electron chi connectivity index (χ2n) is 6.42. The maximum Gasteiger partial charge on any atom is 0.255 e. The highest BCUT2D eigenvalue weighted by Crippen LogP contribution is 2.29. The summed E-state index contributed by atoms with van der Waals surface area (Å²) in [4.78, 5) is 16.9. The lowest BCUT2D eigenvalue weighted by Crippen LogP contribution is -2.12. The van der Waals surface area contributed by atoms with E-state index in [4.69, 9.17) is 11.6 Å².